The number of esters is 1. The number of aryl methyl sites for hydroxylation is 1. The van der Waals surface area contributed by atoms with Crippen molar-refractivity contribution >= 4 is 11.7 Å². The van der Waals surface area contributed by atoms with E-state index >= 15 is 0 Å². The number of nitrogens with two attached hydrogens (primary N) is 1. The maximum Gasteiger partial charge on any atom is 0.339 e. The van der Waals surface area contributed by atoms with Crippen LogP contribution in [-0.4, -0.2) is 13.1 Å². The highest BCUT2D eigenvalue weighted by molar-refractivity contribution is 5.96. The van der Waals surface area contributed by atoms with Crippen molar-refractivity contribution in [1.82, 2.24) is 0 Å². The van der Waals surface area contributed by atoms with Crippen molar-refractivity contribution in [3.05, 3.63) is 40.5 Å². The number of nitrogen functional groups attached to an aromatic ring is 1. The van der Waals surface area contributed by atoms with Crippen molar-refractivity contribution < 1.29 is 9.53 Å². The second-order valence-corrected chi connectivity index (χ2v) is 4.35. The number of rotatable bonds is 3. The van der Waals surface area contributed by atoms with Gasteiger partial charge in [-0.2, -0.15) is 0 Å². The number of allylic oxidation sites excluding steroid dienone is 2. The number of carbonyl (C=O) groups excluding carboxylic acids is 1. The van der Waals surface area contributed by atoms with Gasteiger partial charge in [0.25, 0.3) is 0 Å². The summed E-state index contributed by atoms with van der Waals surface area (Å²) in [6.07, 6.45) is 2.92. The summed E-state index contributed by atoms with van der Waals surface area (Å²) in [7, 11) is 1.36. The monoisotopic (exact) mass is 233 g/mol. The number of benzene rings is 1. The molecule has 3 heteroatoms. The van der Waals surface area contributed by atoms with Crippen LogP contribution < -0.4 is 5.73 Å². The number of hydrogen-bond donors (Lipinski definition) is 1. The summed E-state index contributed by atoms with van der Waals surface area (Å²) in [5.74, 6) is -0.385. The molecule has 0 unspecified atom stereocenters. The number of methoxy groups -OCH3 is 1. The maximum atomic E-state index is 11.6. The Bertz CT molecular complexity index is 458. The first-order valence-corrected chi connectivity index (χ1v) is 5.56. The highest BCUT2D eigenvalue weighted by atomic mass is 16.5. The van der Waals surface area contributed by atoms with Gasteiger partial charge in [0.1, 0.15) is 0 Å². The average Bonchev–Trinajstić information content (AvgIpc) is 2.29. The smallest absolute Gasteiger partial charge is 0.339 e. The SMILES string of the molecule is COC(=O)c1cc(CC=C(C)C)cc(C)c1N. The maximum absolute atomic E-state index is 11.6. The summed E-state index contributed by atoms with van der Waals surface area (Å²) in [6.45, 7) is 5.99. The van der Waals surface area contributed by atoms with Crippen LogP contribution in [-0.2, 0) is 11.2 Å². The summed E-state index contributed by atoms with van der Waals surface area (Å²) in [4.78, 5) is 11.6. The molecule has 0 atom stereocenters. The van der Waals surface area contributed by atoms with E-state index in [1.807, 2.05) is 26.8 Å². The number of carbonyl (C=O) groups is 1. The zero-order chi connectivity index (χ0) is 13.0. The van der Waals surface area contributed by atoms with E-state index in [1.54, 1.807) is 6.07 Å². The lowest BCUT2D eigenvalue weighted by Gasteiger charge is -2.09. The lowest BCUT2D eigenvalue weighted by molar-refractivity contribution is 0.0601. The Morgan fingerprint density at radius 3 is 2.59 bits per heavy atom. The molecular weight excluding hydrogens is 214 g/mol. The minimum atomic E-state index is -0.385. The van der Waals surface area contributed by atoms with E-state index in [4.69, 9.17) is 10.5 Å². The third-order valence-corrected chi connectivity index (χ3v) is 2.60. The van der Waals surface area contributed by atoms with Crippen LogP contribution in [0.5, 0.6) is 0 Å². The molecule has 0 amide bonds. The Kier molecular flexibility index (Phi) is 4.32. The largest absolute Gasteiger partial charge is 0.465 e. The third-order valence-electron chi connectivity index (χ3n) is 2.60. The fraction of sp³-hybridized carbons (Fsp3) is 0.357. The summed E-state index contributed by atoms with van der Waals surface area (Å²) in [5, 5.41) is 0. The van der Waals surface area contributed by atoms with Crippen molar-refractivity contribution in [2.45, 2.75) is 27.2 Å². The normalized spacial score (nSPS) is 9.88. The van der Waals surface area contributed by atoms with Crippen LogP contribution in [0.25, 0.3) is 0 Å². The van der Waals surface area contributed by atoms with Crippen LogP contribution in [0.4, 0.5) is 5.69 Å². The van der Waals surface area contributed by atoms with Crippen LogP contribution in [0, 0.1) is 6.92 Å². The van der Waals surface area contributed by atoms with Crippen molar-refractivity contribution in [3.63, 3.8) is 0 Å². The first kappa shape index (κ1) is 13.3. The highest BCUT2D eigenvalue weighted by Crippen LogP contribution is 2.21. The summed E-state index contributed by atoms with van der Waals surface area (Å²) in [6, 6.07) is 3.80. The average molecular weight is 233 g/mol. The van der Waals surface area contributed by atoms with E-state index < -0.39 is 0 Å². The number of hydrogen-bond acceptors (Lipinski definition) is 3. The third kappa shape index (κ3) is 3.34. The molecule has 0 aromatic heterocycles. The molecule has 0 spiro atoms. The van der Waals surface area contributed by atoms with Crippen LogP contribution >= 0.6 is 0 Å². The fourth-order valence-corrected chi connectivity index (χ4v) is 1.59. The van der Waals surface area contributed by atoms with Gasteiger partial charge in [0, 0.05) is 5.69 Å². The molecule has 3 nitrogen and oxygen atoms in total. The van der Waals surface area contributed by atoms with Gasteiger partial charge in [0.2, 0.25) is 0 Å². The Morgan fingerprint density at radius 2 is 2.06 bits per heavy atom. The molecule has 92 valence electrons. The second-order valence-electron chi connectivity index (χ2n) is 4.35. The van der Waals surface area contributed by atoms with Crippen molar-refractivity contribution in [2.24, 2.45) is 0 Å². The van der Waals surface area contributed by atoms with Gasteiger partial charge >= 0.3 is 5.97 Å². The number of anilines is 1. The Hall–Kier alpha value is -1.77. The zero-order valence-electron chi connectivity index (χ0n) is 10.8. The second kappa shape index (κ2) is 5.53. The zero-order valence-corrected chi connectivity index (χ0v) is 10.8. The van der Waals surface area contributed by atoms with Gasteiger partial charge in [-0.1, -0.05) is 17.7 Å². The Morgan fingerprint density at radius 1 is 1.41 bits per heavy atom. The minimum Gasteiger partial charge on any atom is -0.465 e. The number of ether oxygens (including phenoxy) is 1. The van der Waals surface area contributed by atoms with E-state index in [9.17, 15) is 4.79 Å². The molecule has 0 bridgehead atoms. The van der Waals surface area contributed by atoms with Gasteiger partial charge in [-0.15, -0.1) is 0 Å². The van der Waals surface area contributed by atoms with E-state index in [1.165, 1.54) is 12.7 Å². The van der Waals surface area contributed by atoms with Gasteiger partial charge in [0.15, 0.2) is 0 Å². The Balaban J connectivity index is 3.14. The molecule has 0 heterocycles. The van der Waals surface area contributed by atoms with Gasteiger partial charge in [-0.05, 0) is 44.4 Å². The topological polar surface area (TPSA) is 52.3 Å². The molecule has 0 saturated heterocycles. The molecule has 0 fully saturated rings. The molecule has 0 radical (unpaired) electrons. The lowest BCUT2D eigenvalue weighted by Crippen LogP contribution is -2.08. The first-order valence-electron chi connectivity index (χ1n) is 5.56. The first-order chi connectivity index (χ1) is 7.95. The molecule has 1 rings (SSSR count). The van der Waals surface area contributed by atoms with Gasteiger partial charge in [-0.3, -0.25) is 0 Å². The van der Waals surface area contributed by atoms with Crippen molar-refractivity contribution in [2.75, 3.05) is 12.8 Å². The molecule has 0 aliphatic rings. The molecule has 1 aromatic rings. The standard InChI is InChI=1S/C14H19NO2/c1-9(2)5-6-11-7-10(3)13(15)12(8-11)14(16)17-4/h5,7-8H,6,15H2,1-4H3. The quantitative estimate of drug-likeness (QED) is 0.496. The van der Waals surface area contributed by atoms with Crippen molar-refractivity contribution in [3.8, 4) is 0 Å². The van der Waals surface area contributed by atoms with E-state index in [2.05, 4.69) is 6.08 Å². The minimum absolute atomic E-state index is 0.385. The summed E-state index contributed by atoms with van der Waals surface area (Å²) < 4.78 is 4.72. The molecule has 2 N–H and O–H groups in total. The van der Waals surface area contributed by atoms with Crippen molar-refractivity contribution in [1.29, 1.82) is 0 Å². The molecule has 0 aliphatic heterocycles. The van der Waals surface area contributed by atoms with E-state index in [-0.39, 0.29) is 5.97 Å². The Labute approximate surface area is 102 Å². The highest BCUT2D eigenvalue weighted by Gasteiger charge is 2.12. The molecule has 1 aromatic carbocycles. The predicted octanol–water partition coefficient (Wildman–Crippen LogP) is 2.87. The van der Waals surface area contributed by atoms with Crippen LogP contribution in [0.2, 0.25) is 0 Å². The lowest BCUT2D eigenvalue weighted by atomic mass is 10.0. The summed E-state index contributed by atoms with van der Waals surface area (Å²) >= 11 is 0. The molecular formula is C14H19NO2. The van der Waals surface area contributed by atoms with E-state index in [0.717, 1.165) is 17.5 Å². The summed E-state index contributed by atoms with van der Waals surface area (Å²) in [5.41, 5.74) is 10.0. The van der Waals surface area contributed by atoms with E-state index in [0.29, 0.717) is 11.3 Å². The predicted molar refractivity (Wildman–Crippen MR) is 70.1 cm³/mol. The van der Waals surface area contributed by atoms with Crippen LogP contribution in [0.3, 0.4) is 0 Å². The fourth-order valence-electron chi connectivity index (χ4n) is 1.59. The molecule has 0 saturated carbocycles. The molecule has 0 aliphatic carbocycles. The van der Waals surface area contributed by atoms with Gasteiger partial charge < -0.3 is 10.5 Å². The van der Waals surface area contributed by atoms with Crippen LogP contribution in [0.1, 0.15) is 35.3 Å². The van der Waals surface area contributed by atoms with Gasteiger partial charge in [-0.25, -0.2) is 4.79 Å². The van der Waals surface area contributed by atoms with Gasteiger partial charge in [0.05, 0.1) is 12.7 Å². The molecule has 17 heavy (non-hydrogen) atoms. The van der Waals surface area contributed by atoms with Crippen LogP contribution in [0.15, 0.2) is 23.8 Å².